The number of sulfonamides is 1. The van der Waals surface area contributed by atoms with Crippen molar-refractivity contribution >= 4 is 27.5 Å². The number of nitrogens with one attached hydrogen (secondary N) is 1. The Hall–Kier alpha value is -1.93. The van der Waals surface area contributed by atoms with Crippen molar-refractivity contribution < 1.29 is 18.0 Å². The molecule has 0 aromatic heterocycles. The smallest absolute Gasteiger partial charge is 0.321 e. The molecule has 7 nitrogen and oxygen atoms in total. The zero-order valence-corrected chi connectivity index (χ0v) is 14.1. The number of carbonyl (C=O) groups is 2. The number of amides is 2. The normalized spacial score (nSPS) is 16.7. The van der Waals surface area contributed by atoms with Crippen molar-refractivity contribution in [2.24, 2.45) is 0 Å². The van der Waals surface area contributed by atoms with Crippen molar-refractivity contribution in [2.45, 2.75) is 13.3 Å². The molecular weight excluding hydrogens is 318 g/mol. The molecule has 8 heteroatoms. The second-order valence-electron chi connectivity index (χ2n) is 5.57. The van der Waals surface area contributed by atoms with Crippen molar-refractivity contribution in [3.63, 3.8) is 0 Å². The number of benzene rings is 1. The molecule has 2 rings (SSSR count). The third-order valence-corrected chi connectivity index (χ3v) is 5.06. The zero-order chi connectivity index (χ0) is 17.0. The highest BCUT2D eigenvalue weighted by Gasteiger charge is 2.23. The van der Waals surface area contributed by atoms with Crippen molar-refractivity contribution in [1.82, 2.24) is 9.21 Å². The maximum absolute atomic E-state index is 12.3. The predicted octanol–water partition coefficient (Wildman–Crippen LogP) is 1.39. The molecule has 0 bridgehead atoms. The van der Waals surface area contributed by atoms with Crippen LogP contribution in [0.3, 0.4) is 0 Å². The summed E-state index contributed by atoms with van der Waals surface area (Å²) in [4.78, 5) is 25.1. The summed E-state index contributed by atoms with van der Waals surface area (Å²) in [7, 11) is -3.23. The highest BCUT2D eigenvalue weighted by Crippen LogP contribution is 2.13. The van der Waals surface area contributed by atoms with Gasteiger partial charge in [-0.25, -0.2) is 17.5 Å². The first kappa shape index (κ1) is 17.4. The van der Waals surface area contributed by atoms with Crippen molar-refractivity contribution in [2.75, 3.05) is 37.8 Å². The number of ketones is 1. The lowest BCUT2D eigenvalue weighted by Crippen LogP contribution is -2.39. The van der Waals surface area contributed by atoms with E-state index in [1.165, 1.54) is 17.5 Å². The molecule has 1 aromatic carbocycles. The molecule has 2 amide bonds. The standard InChI is InChI=1S/C15H21N3O4S/c1-12(19)13-4-6-14(7-5-13)16-15(20)17-8-3-9-18(11-10-17)23(2,21)22/h4-7H,3,8-11H2,1-2H3,(H,16,20). The molecule has 1 heterocycles. The van der Waals surface area contributed by atoms with E-state index in [0.717, 1.165) is 0 Å². The van der Waals surface area contributed by atoms with E-state index in [0.29, 0.717) is 43.9 Å². The maximum atomic E-state index is 12.3. The molecule has 0 saturated carbocycles. The van der Waals surface area contributed by atoms with Gasteiger partial charge in [-0.1, -0.05) is 0 Å². The predicted molar refractivity (Wildman–Crippen MR) is 88.1 cm³/mol. The number of rotatable bonds is 3. The molecule has 0 spiro atoms. The summed E-state index contributed by atoms with van der Waals surface area (Å²) >= 11 is 0. The molecule has 0 atom stereocenters. The van der Waals surface area contributed by atoms with Crippen molar-refractivity contribution in [3.8, 4) is 0 Å². The van der Waals surface area contributed by atoms with Gasteiger partial charge in [0.05, 0.1) is 6.26 Å². The van der Waals surface area contributed by atoms with Crippen LogP contribution in [0.4, 0.5) is 10.5 Å². The van der Waals surface area contributed by atoms with Gasteiger partial charge in [0.2, 0.25) is 10.0 Å². The minimum Gasteiger partial charge on any atom is -0.323 e. The molecule has 1 aliphatic heterocycles. The Morgan fingerprint density at radius 3 is 2.26 bits per heavy atom. The Morgan fingerprint density at radius 1 is 1.04 bits per heavy atom. The minimum absolute atomic E-state index is 0.0312. The molecule has 23 heavy (non-hydrogen) atoms. The molecule has 0 unspecified atom stereocenters. The summed E-state index contributed by atoms with van der Waals surface area (Å²) in [6, 6.07) is 6.40. The summed E-state index contributed by atoms with van der Waals surface area (Å²) < 4.78 is 24.5. The minimum atomic E-state index is -3.23. The lowest BCUT2D eigenvalue weighted by molar-refractivity contribution is 0.101. The van der Waals surface area contributed by atoms with E-state index in [9.17, 15) is 18.0 Å². The van der Waals surface area contributed by atoms with Crippen LogP contribution in [0.1, 0.15) is 23.7 Å². The van der Waals surface area contributed by atoms with Crippen LogP contribution in [0.25, 0.3) is 0 Å². The summed E-state index contributed by atoms with van der Waals surface area (Å²) in [6.45, 7) is 3.07. The van der Waals surface area contributed by atoms with E-state index in [-0.39, 0.29) is 11.8 Å². The first-order chi connectivity index (χ1) is 10.8. The maximum Gasteiger partial charge on any atom is 0.321 e. The van der Waals surface area contributed by atoms with Crippen LogP contribution in [0.2, 0.25) is 0 Å². The van der Waals surface area contributed by atoms with Gasteiger partial charge in [-0.15, -0.1) is 0 Å². The third-order valence-electron chi connectivity index (χ3n) is 3.75. The Kier molecular flexibility index (Phi) is 5.38. The lowest BCUT2D eigenvalue weighted by Gasteiger charge is -2.21. The van der Waals surface area contributed by atoms with Gasteiger partial charge in [-0.3, -0.25) is 4.79 Å². The lowest BCUT2D eigenvalue weighted by atomic mass is 10.1. The van der Waals surface area contributed by atoms with Crippen LogP contribution < -0.4 is 5.32 Å². The molecular formula is C15H21N3O4S. The number of Topliss-reactive ketones (excluding diaryl/α,β-unsaturated/α-hetero) is 1. The first-order valence-electron chi connectivity index (χ1n) is 7.39. The third kappa shape index (κ3) is 4.77. The fraction of sp³-hybridized carbons (Fsp3) is 0.467. The van der Waals surface area contributed by atoms with E-state index in [2.05, 4.69) is 5.32 Å². The fourth-order valence-corrected chi connectivity index (χ4v) is 3.29. The van der Waals surface area contributed by atoms with Gasteiger partial charge in [0.25, 0.3) is 0 Å². The van der Waals surface area contributed by atoms with Gasteiger partial charge in [-0.05, 0) is 37.6 Å². The van der Waals surface area contributed by atoms with Gasteiger partial charge in [-0.2, -0.15) is 0 Å². The molecule has 1 aromatic rings. The van der Waals surface area contributed by atoms with Crippen LogP contribution in [-0.2, 0) is 10.0 Å². The average Bonchev–Trinajstić information content (AvgIpc) is 2.73. The Labute approximate surface area is 136 Å². The van der Waals surface area contributed by atoms with Crippen molar-refractivity contribution in [3.05, 3.63) is 29.8 Å². The van der Waals surface area contributed by atoms with Gasteiger partial charge >= 0.3 is 6.03 Å². The molecule has 126 valence electrons. The quantitative estimate of drug-likeness (QED) is 0.843. The van der Waals surface area contributed by atoms with Gasteiger partial charge in [0, 0.05) is 37.4 Å². The number of hydrogen-bond donors (Lipinski definition) is 1. The van der Waals surface area contributed by atoms with E-state index < -0.39 is 10.0 Å². The van der Waals surface area contributed by atoms with Crippen LogP contribution in [-0.4, -0.2) is 61.9 Å². The highest BCUT2D eigenvalue weighted by molar-refractivity contribution is 7.88. The summed E-state index contributed by atoms with van der Waals surface area (Å²) in [5, 5.41) is 2.77. The van der Waals surface area contributed by atoms with E-state index in [1.807, 2.05) is 0 Å². The number of anilines is 1. The van der Waals surface area contributed by atoms with Crippen LogP contribution in [0.5, 0.6) is 0 Å². The first-order valence-corrected chi connectivity index (χ1v) is 9.24. The number of nitrogens with zero attached hydrogens (tertiary/aromatic N) is 2. The summed E-state index contributed by atoms with van der Waals surface area (Å²) in [6.07, 6.45) is 1.78. The second kappa shape index (κ2) is 7.10. The molecule has 0 radical (unpaired) electrons. The van der Waals surface area contributed by atoms with Gasteiger partial charge < -0.3 is 10.2 Å². The highest BCUT2D eigenvalue weighted by atomic mass is 32.2. The number of urea groups is 1. The molecule has 0 aliphatic carbocycles. The molecule has 1 fully saturated rings. The van der Waals surface area contributed by atoms with E-state index in [4.69, 9.17) is 0 Å². The largest absolute Gasteiger partial charge is 0.323 e. The Balaban J connectivity index is 1.96. The van der Waals surface area contributed by atoms with Gasteiger partial charge in [0.1, 0.15) is 0 Å². The van der Waals surface area contributed by atoms with Crippen molar-refractivity contribution in [1.29, 1.82) is 0 Å². The summed E-state index contributed by atoms with van der Waals surface area (Å²) in [5.41, 5.74) is 1.19. The molecule has 1 saturated heterocycles. The molecule has 1 aliphatic rings. The topological polar surface area (TPSA) is 86.8 Å². The Bertz CT molecular complexity index is 685. The van der Waals surface area contributed by atoms with Gasteiger partial charge in [0.15, 0.2) is 5.78 Å². The average molecular weight is 339 g/mol. The number of carbonyl (C=O) groups excluding carboxylic acids is 2. The summed E-state index contributed by atoms with van der Waals surface area (Å²) in [5.74, 6) is -0.0312. The Morgan fingerprint density at radius 2 is 1.70 bits per heavy atom. The zero-order valence-electron chi connectivity index (χ0n) is 13.3. The monoisotopic (exact) mass is 339 g/mol. The number of hydrogen-bond acceptors (Lipinski definition) is 4. The second-order valence-corrected chi connectivity index (χ2v) is 7.55. The van der Waals surface area contributed by atoms with Crippen LogP contribution >= 0.6 is 0 Å². The van der Waals surface area contributed by atoms with E-state index >= 15 is 0 Å². The SMILES string of the molecule is CC(=O)c1ccc(NC(=O)N2CCCN(S(C)(=O)=O)CC2)cc1. The fourth-order valence-electron chi connectivity index (χ4n) is 2.42. The molecule has 1 N–H and O–H groups in total. The van der Waals surface area contributed by atoms with Crippen LogP contribution in [0, 0.1) is 0 Å². The van der Waals surface area contributed by atoms with E-state index in [1.54, 1.807) is 29.2 Å². The van der Waals surface area contributed by atoms with Crippen LogP contribution in [0.15, 0.2) is 24.3 Å².